The number of Topliss-reactive ketones (excluding diaryl/α,β-unsaturated/α-hetero) is 1. The summed E-state index contributed by atoms with van der Waals surface area (Å²) in [6, 6.07) is 12.5. The number of aliphatic imine (C=N–C) groups is 1. The first-order valence-electron chi connectivity index (χ1n) is 8.97. The number of hydrogen-bond acceptors (Lipinski definition) is 2. The van der Waals surface area contributed by atoms with Crippen LogP contribution in [-0.4, -0.2) is 22.5 Å². The van der Waals surface area contributed by atoms with Gasteiger partial charge in [-0.3, -0.25) is 9.79 Å². The molecule has 1 aromatic heterocycles. The molecular weight excluding hydrogens is 468 g/mol. The Morgan fingerprint density at radius 2 is 1.85 bits per heavy atom. The molecule has 1 aliphatic carbocycles. The summed E-state index contributed by atoms with van der Waals surface area (Å²) in [5.74, 6) is 0.129. The average molecular weight is 484 g/mol. The fourth-order valence-corrected chi connectivity index (χ4v) is 4.85. The summed E-state index contributed by atoms with van der Waals surface area (Å²) in [5.41, 5.74) is 6.36. The highest BCUT2D eigenvalue weighted by atomic mass is 79.9. The number of ketones is 1. The van der Waals surface area contributed by atoms with Gasteiger partial charge in [-0.05, 0) is 53.8 Å². The van der Waals surface area contributed by atoms with Gasteiger partial charge in [-0.25, -0.2) is 0 Å². The third kappa shape index (κ3) is 2.93. The molecule has 0 fully saturated rings. The number of halogens is 2. The second-order valence-electron chi connectivity index (χ2n) is 7.01. The number of rotatable bonds is 2. The van der Waals surface area contributed by atoms with Crippen LogP contribution < -0.4 is 0 Å². The van der Waals surface area contributed by atoms with E-state index in [9.17, 15) is 4.79 Å². The summed E-state index contributed by atoms with van der Waals surface area (Å²) in [5, 5.41) is 1.04. The number of allylic oxidation sites excluding steroid dienone is 1. The summed E-state index contributed by atoms with van der Waals surface area (Å²) in [6.45, 7) is 0. The van der Waals surface area contributed by atoms with E-state index in [4.69, 9.17) is 4.99 Å². The van der Waals surface area contributed by atoms with Crippen LogP contribution in [0.3, 0.4) is 0 Å². The molecule has 0 saturated carbocycles. The van der Waals surface area contributed by atoms with E-state index < -0.39 is 0 Å². The standard InChI is InChI=1S/C22H16Br2N2O/c23-13-2-5-15-12(9-13)1-4-16(15)19-7-8-21(27)22(26-19)18-11-25-20-10-14(24)3-6-17(18)20/h2-6,9-11,19,25H,1,7-8H2. The minimum absolute atomic E-state index is 0.0422. The van der Waals surface area contributed by atoms with E-state index in [0.29, 0.717) is 12.1 Å². The minimum Gasteiger partial charge on any atom is -0.360 e. The van der Waals surface area contributed by atoms with Gasteiger partial charge in [-0.2, -0.15) is 0 Å². The fraction of sp³-hybridized carbons (Fsp3) is 0.182. The van der Waals surface area contributed by atoms with Crippen molar-refractivity contribution in [2.75, 3.05) is 0 Å². The number of hydrogen-bond donors (Lipinski definition) is 1. The number of benzene rings is 2. The molecule has 134 valence electrons. The van der Waals surface area contributed by atoms with Gasteiger partial charge in [0.15, 0.2) is 5.78 Å². The zero-order valence-corrected chi connectivity index (χ0v) is 17.6. The number of carbonyl (C=O) groups is 1. The minimum atomic E-state index is 0.0422. The fourth-order valence-electron chi connectivity index (χ4n) is 4.08. The molecule has 0 bridgehead atoms. The van der Waals surface area contributed by atoms with E-state index in [1.165, 1.54) is 16.7 Å². The Morgan fingerprint density at radius 3 is 2.74 bits per heavy atom. The van der Waals surface area contributed by atoms with E-state index in [1.807, 2.05) is 24.4 Å². The van der Waals surface area contributed by atoms with Gasteiger partial charge in [0.05, 0.1) is 6.04 Å². The molecule has 0 radical (unpaired) electrons. The highest BCUT2D eigenvalue weighted by Gasteiger charge is 2.29. The first kappa shape index (κ1) is 17.1. The van der Waals surface area contributed by atoms with Crippen molar-refractivity contribution in [3.63, 3.8) is 0 Å². The number of aromatic nitrogens is 1. The van der Waals surface area contributed by atoms with Crippen LogP contribution in [0.2, 0.25) is 0 Å². The Morgan fingerprint density at radius 1 is 1.04 bits per heavy atom. The van der Waals surface area contributed by atoms with Gasteiger partial charge in [-0.15, -0.1) is 0 Å². The number of aromatic amines is 1. The van der Waals surface area contributed by atoms with Crippen molar-refractivity contribution in [1.82, 2.24) is 4.98 Å². The van der Waals surface area contributed by atoms with Crippen LogP contribution in [0, 0.1) is 0 Å². The lowest BCUT2D eigenvalue weighted by Crippen LogP contribution is -2.26. The SMILES string of the molecule is O=C1CCC(C2=CCc3cc(Br)ccc32)N=C1c1c[nH]c2cc(Br)ccc12. The number of H-pyrrole nitrogens is 1. The molecule has 0 saturated heterocycles. The molecule has 5 rings (SSSR count). The van der Waals surface area contributed by atoms with Crippen LogP contribution in [0.4, 0.5) is 0 Å². The zero-order chi connectivity index (χ0) is 18.5. The predicted molar refractivity (Wildman–Crippen MR) is 116 cm³/mol. The Labute approximate surface area is 173 Å². The van der Waals surface area contributed by atoms with Gasteiger partial charge in [0, 0.05) is 38.0 Å². The average Bonchev–Trinajstić information content (AvgIpc) is 3.25. The van der Waals surface area contributed by atoms with Crippen LogP contribution in [0.25, 0.3) is 16.5 Å². The maximum absolute atomic E-state index is 12.7. The molecule has 2 aliphatic rings. The Kier molecular flexibility index (Phi) is 4.17. The molecule has 2 heterocycles. The molecular formula is C22H16Br2N2O. The van der Waals surface area contributed by atoms with Gasteiger partial charge < -0.3 is 4.98 Å². The zero-order valence-electron chi connectivity index (χ0n) is 14.4. The Hall–Kier alpha value is -1.98. The van der Waals surface area contributed by atoms with Crippen molar-refractivity contribution in [2.45, 2.75) is 25.3 Å². The molecule has 2 aromatic carbocycles. The Balaban J connectivity index is 1.57. The van der Waals surface area contributed by atoms with E-state index in [-0.39, 0.29) is 11.8 Å². The van der Waals surface area contributed by atoms with Crippen molar-refractivity contribution in [3.8, 4) is 0 Å². The lowest BCUT2D eigenvalue weighted by molar-refractivity contribution is -0.113. The summed E-state index contributed by atoms with van der Waals surface area (Å²) in [7, 11) is 0. The number of carbonyl (C=O) groups excluding carboxylic acids is 1. The van der Waals surface area contributed by atoms with Crippen LogP contribution in [0.5, 0.6) is 0 Å². The topological polar surface area (TPSA) is 45.2 Å². The summed E-state index contributed by atoms with van der Waals surface area (Å²) in [6.07, 6.45) is 6.42. The molecule has 1 atom stereocenters. The molecule has 1 N–H and O–H groups in total. The van der Waals surface area contributed by atoms with Crippen LogP contribution in [-0.2, 0) is 11.2 Å². The molecule has 1 aliphatic heterocycles. The van der Waals surface area contributed by atoms with E-state index >= 15 is 0 Å². The maximum atomic E-state index is 12.7. The quantitative estimate of drug-likeness (QED) is 0.488. The molecule has 27 heavy (non-hydrogen) atoms. The molecule has 3 aromatic rings. The summed E-state index contributed by atoms with van der Waals surface area (Å²) < 4.78 is 2.11. The van der Waals surface area contributed by atoms with E-state index in [2.05, 4.69) is 61.1 Å². The maximum Gasteiger partial charge on any atom is 0.181 e. The van der Waals surface area contributed by atoms with Crippen LogP contribution in [0.1, 0.15) is 29.5 Å². The van der Waals surface area contributed by atoms with Gasteiger partial charge in [0.25, 0.3) is 0 Å². The summed E-state index contributed by atoms with van der Waals surface area (Å²) >= 11 is 7.05. The molecule has 1 unspecified atom stereocenters. The third-order valence-corrected chi connectivity index (χ3v) is 6.36. The van der Waals surface area contributed by atoms with Crippen molar-refractivity contribution in [1.29, 1.82) is 0 Å². The first-order valence-corrected chi connectivity index (χ1v) is 10.6. The number of nitrogens with one attached hydrogen (secondary N) is 1. The number of fused-ring (bicyclic) bond motifs is 2. The van der Waals surface area contributed by atoms with Crippen LogP contribution in [0.15, 0.2) is 62.6 Å². The van der Waals surface area contributed by atoms with Gasteiger partial charge >= 0.3 is 0 Å². The number of nitrogens with zero attached hydrogens (tertiary/aromatic N) is 1. The third-order valence-electron chi connectivity index (χ3n) is 5.37. The van der Waals surface area contributed by atoms with Crippen molar-refractivity contribution >= 4 is 59.8 Å². The highest BCUT2D eigenvalue weighted by molar-refractivity contribution is 9.10. The lowest BCUT2D eigenvalue weighted by atomic mass is 9.90. The van der Waals surface area contributed by atoms with E-state index in [0.717, 1.165) is 38.3 Å². The largest absolute Gasteiger partial charge is 0.360 e. The predicted octanol–water partition coefficient (Wildman–Crippen LogP) is 5.85. The second kappa shape index (κ2) is 6.57. The molecule has 0 amide bonds. The highest BCUT2D eigenvalue weighted by Crippen LogP contribution is 2.36. The van der Waals surface area contributed by atoms with Crippen molar-refractivity contribution < 1.29 is 4.79 Å². The Bertz CT molecular complexity index is 1160. The molecule has 0 spiro atoms. The lowest BCUT2D eigenvalue weighted by Gasteiger charge is -2.21. The summed E-state index contributed by atoms with van der Waals surface area (Å²) in [4.78, 5) is 20.9. The van der Waals surface area contributed by atoms with Crippen molar-refractivity contribution in [3.05, 3.63) is 74.3 Å². The van der Waals surface area contributed by atoms with Crippen LogP contribution >= 0.6 is 31.9 Å². The van der Waals surface area contributed by atoms with Gasteiger partial charge in [0.1, 0.15) is 5.71 Å². The molecule has 3 nitrogen and oxygen atoms in total. The normalized spacial score (nSPS) is 19.2. The smallest absolute Gasteiger partial charge is 0.181 e. The van der Waals surface area contributed by atoms with Gasteiger partial charge in [-0.1, -0.05) is 50.1 Å². The van der Waals surface area contributed by atoms with E-state index in [1.54, 1.807) is 0 Å². The first-order chi connectivity index (χ1) is 13.1. The second-order valence-corrected chi connectivity index (χ2v) is 8.84. The molecule has 5 heteroatoms. The monoisotopic (exact) mass is 482 g/mol. The van der Waals surface area contributed by atoms with Gasteiger partial charge in [0.2, 0.25) is 0 Å². The van der Waals surface area contributed by atoms with Crippen molar-refractivity contribution in [2.24, 2.45) is 4.99 Å².